The Morgan fingerprint density at radius 2 is 2.04 bits per heavy atom. The predicted molar refractivity (Wildman–Crippen MR) is 112 cm³/mol. The van der Waals surface area contributed by atoms with E-state index in [0.29, 0.717) is 25.0 Å². The zero-order valence-electron chi connectivity index (χ0n) is 17.6. The lowest BCUT2D eigenvalue weighted by Crippen LogP contribution is -2.33. The van der Waals surface area contributed by atoms with Crippen molar-refractivity contribution in [3.05, 3.63) is 52.9 Å². The number of unbranched alkanes of at least 4 members (excludes halogenated alkanes) is 1. The first-order chi connectivity index (χ1) is 13.4. The van der Waals surface area contributed by atoms with Crippen molar-refractivity contribution >= 4 is 11.6 Å². The van der Waals surface area contributed by atoms with Gasteiger partial charge in [-0.15, -0.1) is 0 Å². The summed E-state index contributed by atoms with van der Waals surface area (Å²) in [4.78, 5) is 14.0. The van der Waals surface area contributed by atoms with Crippen molar-refractivity contribution in [3.63, 3.8) is 0 Å². The summed E-state index contributed by atoms with van der Waals surface area (Å²) in [7, 11) is 1.59. The lowest BCUT2D eigenvalue weighted by molar-refractivity contribution is -0.117. The van der Waals surface area contributed by atoms with Gasteiger partial charge in [0.1, 0.15) is 5.82 Å². The summed E-state index contributed by atoms with van der Waals surface area (Å²) in [5.41, 5.74) is 7.14. The van der Waals surface area contributed by atoms with Gasteiger partial charge in [-0.2, -0.15) is 0 Å². The number of amides is 1. The number of anilines is 1. The Kier molecular flexibility index (Phi) is 9.69. The van der Waals surface area contributed by atoms with Crippen LogP contribution in [0.4, 0.5) is 14.5 Å². The van der Waals surface area contributed by atoms with Crippen LogP contribution in [-0.4, -0.2) is 24.4 Å². The Morgan fingerprint density at radius 1 is 1.36 bits per heavy atom. The second-order valence-corrected chi connectivity index (χ2v) is 6.58. The van der Waals surface area contributed by atoms with Gasteiger partial charge < -0.3 is 16.0 Å². The first-order valence-electron chi connectivity index (χ1n) is 9.99. The molecule has 28 heavy (non-hydrogen) atoms. The Hall–Kier alpha value is -2.37. The third-order valence-electron chi connectivity index (χ3n) is 4.80. The van der Waals surface area contributed by atoms with Gasteiger partial charge in [-0.25, -0.2) is 8.78 Å². The Morgan fingerprint density at radius 3 is 2.64 bits per heavy atom. The zero-order valence-corrected chi connectivity index (χ0v) is 17.6. The van der Waals surface area contributed by atoms with E-state index in [4.69, 9.17) is 5.73 Å². The number of nitrogens with zero attached hydrogens (tertiary/aromatic N) is 1. The molecule has 0 bridgehead atoms. The van der Waals surface area contributed by atoms with E-state index in [1.807, 2.05) is 31.0 Å². The highest BCUT2D eigenvalue weighted by molar-refractivity contribution is 5.93. The number of likely N-dealkylation sites (tertiary alicyclic amines) is 1. The van der Waals surface area contributed by atoms with E-state index in [1.54, 1.807) is 14.0 Å². The number of nitrogens with one attached hydrogen (secondary N) is 1. The van der Waals surface area contributed by atoms with Gasteiger partial charge in [0.05, 0.1) is 5.69 Å². The van der Waals surface area contributed by atoms with Crippen molar-refractivity contribution in [1.82, 2.24) is 10.2 Å². The van der Waals surface area contributed by atoms with Gasteiger partial charge >= 0.3 is 0 Å². The van der Waals surface area contributed by atoms with Crippen LogP contribution in [0.2, 0.25) is 0 Å². The van der Waals surface area contributed by atoms with E-state index in [-0.39, 0.29) is 23.1 Å². The van der Waals surface area contributed by atoms with Gasteiger partial charge in [-0.3, -0.25) is 4.79 Å². The predicted octanol–water partition coefficient (Wildman–Crippen LogP) is 5.09. The summed E-state index contributed by atoms with van der Waals surface area (Å²) < 4.78 is 28.7. The molecule has 1 amide bonds. The molecular weight excluding hydrogens is 360 g/mol. The summed E-state index contributed by atoms with van der Waals surface area (Å²) in [6.45, 7) is 8.26. The molecule has 1 heterocycles. The highest BCUT2D eigenvalue weighted by Crippen LogP contribution is 2.37. The van der Waals surface area contributed by atoms with E-state index >= 15 is 0 Å². The second kappa shape index (κ2) is 11.5. The van der Waals surface area contributed by atoms with Crippen LogP contribution < -0.4 is 11.1 Å². The Bertz CT molecular complexity index is 729. The molecule has 1 fully saturated rings. The normalized spacial score (nSPS) is 18.5. The Balaban J connectivity index is 0.00000190. The molecule has 6 heteroatoms. The SMILES string of the molecule is CC.CCC/C=C\N1CC(c2c(F)ccc(N)c2F)CC/C1=C(/C)C(=O)NC. The highest BCUT2D eigenvalue weighted by Gasteiger charge is 2.30. The van der Waals surface area contributed by atoms with Crippen LogP contribution in [0.1, 0.15) is 64.9 Å². The fraction of sp³-hybridized carbons (Fsp3) is 0.500. The van der Waals surface area contributed by atoms with Crippen molar-refractivity contribution in [2.45, 2.75) is 59.3 Å². The van der Waals surface area contributed by atoms with Crippen LogP contribution in [-0.2, 0) is 4.79 Å². The molecule has 1 aromatic rings. The van der Waals surface area contributed by atoms with Crippen LogP contribution in [0.15, 0.2) is 35.7 Å². The van der Waals surface area contributed by atoms with Crippen molar-refractivity contribution < 1.29 is 13.6 Å². The average Bonchev–Trinajstić information content (AvgIpc) is 2.72. The lowest BCUT2D eigenvalue weighted by Gasteiger charge is -2.36. The molecule has 0 radical (unpaired) electrons. The van der Waals surface area contributed by atoms with Gasteiger partial charge in [0.2, 0.25) is 5.91 Å². The number of nitrogen functional groups attached to an aromatic ring is 1. The summed E-state index contributed by atoms with van der Waals surface area (Å²) in [5.74, 6) is -1.72. The van der Waals surface area contributed by atoms with Gasteiger partial charge in [0, 0.05) is 36.3 Å². The number of nitrogens with two attached hydrogens (primary N) is 1. The molecule has 0 aliphatic carbocycles. The summed E-state index contributed by atoms with van der Waals surface area (Å²) >= 11 is 0. The minimum absolute atomic E-state index is 0.0375. The maximum absolute atomic E-state index is 14.4. The fourth-order valence-electron chi connectivity index (χ4n) is 3.33. The minimum Gasteiger partial charge on any atom is -0.396 e. The molecule has 1 aliphatic heterocycles. The molecule has 0 aromatic heterocycles. The maximum Gasteiger partial charge on any atom is 0.248 e. The van der Waals surface area contributed by atoms with Crippen molar-refractivity contribution in [1.29, 1.82) is 0 Å². The summed E-state index contributed by atoms with van der Waals surface area (Å²) in [6, 6.07) is 2.46. The standard InChI is InChI=1S/C20H27F2N3O.C2H6/c1-4-5-6-11-25-12-14(7-10-17(25)13(2)20(26)24-3)18-15(21)8-9-16(23)19(18)22;1-2/h6,8-9,11,14H,4-5,7,10,12,23H2,1-3H3,(H,24,26);1-2H3/b11-6-,17-13+;. The number of benzene rings is 1. The number of likely N-dealkylation sites (N-methyl/N-ethyl adjacent to an activating group) is 1. The maximum atomic E-state index is 14.4. The first-order valence-corrected chi connectivity index (χ1v) is 9.99. The van der Waals surface area contributed by atoms with Crippen molar-refractivity contribution in [2.24, 2.45) is 0 Å². The van der Waals surface area contributed by atoms with E-state index in [0.717, 1.165) is 18.5 Å². The van der Waals surface area contributed by atoms with Crippen LogP contribution in [0.5, 0.6) is 0 Å². The van der Waals surface area contributed by atoms with Crippen LogP contribution in [0.25, 0.3) is 0 Å². The number of allylic oxidation sites excluding steroid dienone is 2. The Labute approximate surface area is 167 Å². The molecule has 4 nitrogen and oxygen atoms in total. The molecule has 3 N–H and O–H groups in total. The van der Waals surface area contributed by atoms with Crippen LogP contribution in [0, 0.1) is 11.6 Å². The van der Waals surface area contributed by atoms with Crippen LogP contribution in [0.3, 0.4) is 0 Å². The molecule has 1 aromatic carbocycles. The molecule has 1 aliphatic rings. The monoisotopic (exact) mass is 393 g/mol. The molecule has 156 valence electrons. The van der Waals surface area contributed by atoms with Gasteiger partial charge in [-0.1, -0.05) is 33.3 Å². The number of carbonyl (C=O) groups is 1. The molecule has 1 saturated heterocycles. The number of piperidine rings is 1. The summed E-state index contributed by atoms with van der Waals surface area (Å²) in [5, 5.41) is 2.63. The number of carbonyl (C=O) groups excluding carboxylic acids is 1. The van der Waals surface area contributed by atoms with Crippen molar-refractivity contribution in [3.8, 4) is 0 Å². The van der Waals surface area contributed by atoms with Gasteiger partial charge in [0.15, 0.2) is 5.82 Å². The quantitative estimate of drug-likeness (QED) is 0.541. The van der Waals surface area contributed by atoms with Gasteiger partial charge in [0.25, 0.3) is 0 Å². The van der Waals surface area contributed by atoms with E-state index < -0.39 is 11.6 Å². The zero-order chi connectivity index (χ0) is 21.3. The third-order valence-corrected chi connectivity index (χ3v) is 4.80. The number of hydrogen-bond donors (Lipinski definition) is 2. The van der Waals surface area contributed by atoms with E-state index in [1.165, 1.54) is 12.1 Å². The number of rotatable bonds is 5. The number of hydrogen-bond acceptors (Lipinski definition) is 3. The van der Waals surface area contributed by atoms with Crippen molar-refractivity contribution in [2.75, 3.05) is 19.3 Å². The molecule has 2 rings (SSSR count). The number of halogens is 2. The van der Waals surface area contributed by atoms with Crippen LogP contribution >= 0.6 is 0 Å². The topological polar surface area (TPSA) is 58.4 Å². The summed E-state index contributed by atoms with van der Waals surface area (Å²) in [6.07, 6.45) is 6.95. The fourth-order valence-corrected chi connectivity index (χ4v) is 3.33. The molecule has 1 atom stereocenters. The molecule has 0 spiro atoms. The molecule has 0 saturated carbocycles. The largest absolute Gasteiger partial charge is 0.396 e. The van der Waals surface area contributed by atoms with E-state index in [2.05, 4.69) is 12.2 Å². The average molecular weight is 394 g/mol. The highest BCUT2D eigenvalue weighted by atomic mass is 19.1. The van der Waals surface area contributed by atoms with Gasteiger partial charge in [-0.05, 0) is 44.5 Å². The smallest absolute Gasteiger partial charge is 0.248 e. The van der Waals surface area contributed by atoms with E-state index in [9.17, 15) is 13.6 Å². The first kappa shape index (κ1) is 23.7. The second-order valence-electron chi connectivity index (χ2n) is 6.58. The molecule has 1 unspecified atom stereocenters. The third kappa shape index (κ3) is 5.57. The lowest BCUT2D eigenvalue weighted by atomic mass is 9.87. The molecular formula is C22H33F2N3O. The minimum atomic E-state index is -0.678.